The van der Waals surface area contributed by atoms with E-state index in [2.05, 4.69) is 68.3 Å². The molecule has 1 aliphatic heterocycles. The highest BCUT2D eigenvalue weighted by atomic mass is 15.5. The number of hydrogen-bond acceptors (Lipinski definition) is 3. The third kappa shape index (κ3) is 3.74. The number of hydrazine groups is 1. The summed E-state index contributed by atoms with van der Waals surface area (Å²) in [5.41, 5.74) is 7.75. The Kier molecular flexibility index (Phi) is 5.06. The van der Waals surface area contributed by atoms with E-state index in [1.807, 2.05) is 0 Å². The summed E-state index contributed by atoms with van der Waals surface area (Å²) in [4.78, 5) is 2.38. The molecule has 1 heterocycles. The molecule has 0 spiro atoms. The van der Waals surface area contributed by atoms with Crippen molar-refractivity contribution in [2.75, 3.05) is 38.7 Å². The summed E-state index contributed by atoms with van der Waals surface area (Å²) in [6, 6.07) is 6.88. The highest BCUT2D eigenvalue weighted by Gasteiger charge is 2.16. The summed E-state index contributed by atoms with van der Waals surface area (Å²) in [5, 5.41) is 2.34. The summed E-state index contributed by atoms with van der Waals surface area (Å²) in [5.74, 6) is 1.13. The topological polar surface area (TPSA) is 18.5 Å². The van der Waals surface area contributed by atoms with Gasteiger partial charge in [0.2, 0.25) is 0 Å². The average molecular weight is 275 g/mol. The molecule has 0 aliphatic carbocycles. The van der Waals surface area contributed by atoms with Crippen LogP contribution in [0, 0.1) is 0 Å². The Balaban J connectivity index is 2.14. The molecule has 1 N–H and O–H groups in total. The fraction of sp³-hybridized carbons (Fsp3) is 0.647. The van der Waals surface area contributed by atoms with Crippen LogP contribution in [0.3, 0.4) is 0 Å². The summed E-state index contributed by atoms with van der Waals surface area (Å²) < 4.78 is 0. The molecule has 20 heavy (non-hydrogen) atoms. The van der Waals surface area contributed by atoms with Crippen molar-refractivity contribution in [3.63, 3.8) is 0 Å². The SMILES string of the molecule is CC(C)c1ccc(NN2CCN(C)CC2)c(C(C)C)c1. The zero-order chi connectivity index (χ0) is 14.7. The molecule has 3 heteroatoms. The van der Waals surface area contributed by atoms with E-state index in [1.54, 1.807) is 0 Å². The van der Waals surface area contributed by atoms with Crippen molar-refractivity contribution >= 4 is 5.69 Å². The van der Waals surface area contributed by atoms with Crippen molar-refractivity contribution in [3.8, 4) is 0 Å². The molecular formula is C17H29N3. The maximum atomic E-state index is 3.62. The van der Waals surface area contributed by atoms with Crippen LogP contribution in [0.2, 0.25) is 0 Å². The van der Waals surface area contributed by atoms with E-state index in [-0.39, 0.29) is 0 Å². The van der Waals surface area contributed by atoms with Gasteiger partial charge in [-0.1, -0.05) is 39.8 Å². The second kappa shape index (κ2) is 6.59. The Morgan fingerprint density at radius 1 is 0.950 bits per heavy atom. The van der Waals surface area contributed by atoms with Gasteiger partial charge in [-0.15, -0.1) is 0 Å². The van der Waals surface area contributed by atoms with Gasteiger partial charge in [-0.2, -0.15) is 0 Å². The summed E-state index contributed by atoms with van der Waals surface area (Å²) in [6.45, 7) is 13.5. The number of likely N-dealkylation sites (N-methyl/N-ethyl adjacent to an activating group) is 1. The van der Waals surface area contributed by atoms with Gasteiger partial charge in [0.05, 0.1) is 5.69 Å². The minimum Gasteiger partial charge on any atom is -0.318 e. The van der Waals surface area contributed by atoms with Crippen molar-refractivity contribution in [3.05, 3.63) is 29.3 Å². The van der Waals surface area contributed by atoms with Gasteiger partial charge in [-0.25, -0.2) is 5.01 Å². The zero-order valence-electron chi connectivity index (χ0n) is 13.6. The molecular weight excluding hydrogens is 246 g/mol. The first-order valence-electron chi connectivity index (χ1n) is 7.81. The Morgan fingerprint density at radius 2 is 1.60 bits per heavy atom. The van der Waals surface area contributed by atoms with E-state index in [9.17, 15) is 0 Å². The Labute approximate surface area is 123 Å². The molecule has 0 aromatic heterocycles. The maximum Gasteiger partial charge on any atom is 0.0524 e. The minimum atomic E-state index is 0.545. The molecule has 0 radical (unpaired) electrons. The third-order valence-corrected chi connectivity index (χ3v) is 4.15. The molecule has 1 fully saturated rings. The van der Waals surface area contributed by atoms with Crippen molar-refractivity contribution in [1.82, 2.24) is 9.91 Å². The second-order valence-corrected chi connectivity index (χ2v) is 6.56. The largest absolute Gasteiger partial charge is 0.318 e. The molecule has 0 unspecified atom stereocenters. The van der Waals surface area contributed by atoms with Crippen molar-refractivity contribution < 1.29 is 0 Å². The average Bonchev–Trinajstić information content (AvgIpc) is 2.41. The maximum absolute atomic E-state index is 3.62. The van der Waals surface area contributed by atoms with Crippen LogP contribution in [0.15, 0.2) is 18.2 Å². The number of hydrogen-bond donors (Lipinski definition) is 1. The fourth-order valence-corrected chi connectivity index (χ4v) is 2.61. The fourth-order valence-electron chi connectivity index (χ4n) is 2.61. The number of anilines is 1. The van der Waals surface area contributed by atoms with E-state index in [0.717, 1.165) is 26.2 Å². The predicted octanol–water partition coefficient (Wildman–Crippen LogP) is 3.51. The van der Waals surface area contributed by atoms with E-state index in [4.69, 9.17) is 0 Å². The Bertz CT molecular complexity index is 432. The van der Waals surface area contributed by atoms with Gasteiger partial charge in [0, 0.05) is 26.2 Å². The smallest absolute Gasteiger partial charge is 0.0524 e. The zero-order valence-corrected chi connectivity index (χ0v) is 13.6. The van der Waals surface area contributed by atoms with Crippen LogP contribution in [0.4, 0.5) is 5.69 Å². The molecule has 0 amide bonds. The number of piperazine rings is 1. The summed E-state index contributed by atoms with van der Waals surface area (Å²) >= 11 is 0. The van der Waals surface area contributed by atoms with Gasteiger partial charge in [-0.3, -0.25) is 0 Å². The molecule has 2 rings (SSSR count). The summed E-state index contributed by atoms with van der Waals surface area (Å²) in [6.07, 6.45) is 0. The predicted molar refractivity (Wildman–Crippen MR) is 87.3 cm³/mol. The van der Waals surface area contributed by atoms with E-state index in [0.29, 0.717) is 11.8 Å². The summed E-state index contributed by atoms with van der Waals surface area (Å²) in [7, 11) is 2.19. The van der Waals surface area contributed by atoms with Crippen LogP contribution in [-0.4, -0.2) is 43.1 Å². The Hall–Kier alpha value is -1.06. The van der Waals surface area contributed by atoms with Gasteiger partial charge >= 0.3 is 0 Å². The quantitative estimate of drug-likeness (QED) is 0.907. The lowest BCUT2D eigenvalue weighted by molar-refractivity contribution is 0.179. The normalized spacial score (nSPS) is 17.9. The van der Waals surface area contributed by atoms with Crippen molar-refractivity contribution in [2.24, 2.45) is 0 Å². The lowest BCUT2D eigenvalue weighted by atomic mass is 9.94. The molecule has 1 aliphatic rings. The molecule has 0 saturated carbocycles. The van der Waals surface area contributed by atoms with E-state index < -0.39 is 0 Å². The van der Waals surface area contributed by atoms with Gasteiger partial charge in [0.1, 0.15) is 0 Å². The Morgan fingerprint density at radius 3 is 2.15 bits per heavy atom. The monoisotopic (exact) mass is 275 g/mol. The molecule has 3 nitrogen and oxygen atoms in total. The van der Waals surface area contributed by atoms with Gasteiger partial charge < -0.3 is 10.3 Å². The minimum absolute atomic E-state index is 0.545. The van der Waals surface area contributed by atoms with Crippen LogP contribution in [0.1, 0.15) is 50.7 Å². The number of benzene rings is 1. The first kappa shape index (κ1) is 15.3. The molecule has 1 aromatic rings. The number of nitrogens with zero attached hydrogens (tertiary/aromatic N) is 2. The van der Waals surface area contributed by atoms with Crippen LogP contribution in [0.25, 0.3) is 0 Å². The molecule has 1 saturated heterocycles. The van der Waals surface area contributed by atoms with E-state index >= 15 is 0 Å². The highest BCUT2D eigenvalue weighted by Crippen LogP contribution is 2.28. The highest BCUT2D eigenvalue weighted by molar-refractivity contribution is 5.54. The first-order chi connectivity index (χ1) is 9.47. The van der Waals surface area contributed by atoms with Crippen LogP contribution < -0.4 is 5.43 Å². The number of rotatable bonds is 4. The van der Waals surface area contributed by atoms with Crippen LogP contribution in [0.5, 0.6) is 0 Å². The lowest BCUT2D eigenvalue weighted by Gasteiger charge is -2.34. The standard InChI is InChI=1S/C17H29N3/c1-13(2)15-6-7-17(16(12-15)14(3)4)18-20-10-8-19(5)9-11-20/h6-7,12-14,18H,8-11H2,1-5H3. The van der Waals surface area contributed by atoms with Gasteiger partial charge in [0.25, 0.3) is 0 Å². The first-order valence-corrected chi connectivity index (χ1v) is 7.81. The lowest BCUT2D eigenvalue weighted by Crippen LogP contribution is -2.47. The van der Waals surface area contributed by atoms with Crippen molar-refractivity contribution in [1.29, 1.82) is 0 Å². The number of nitrogens with one attached hydrogen (secondary N) is 1. The second-order valence-electron chi connectivity index (χ2n) is 6.56. The molecule has 0 atom stereocenters. The van der Waals surface area contributed by atoms with Crippen molar-refractivity contribution in [2.45, 2.75) is 39.5 Å². The van der Waals surface area contributed by atoms with E-state index in [1.165, 1.54) is 16.8 Å². The van der Waals surface area contributed by atoms with Gasteiger partial charge in [0.15, 0.2) is 0 Å². The van der Waals surface area contributed by atoms with Gasteiger partial charge in [-0.05, 0) is 36.1 Å². The van der Waals surface area contributed by atoms with Crippen LogP contribution in [-0.2, 0) is 0 Å². The molecule has 1 aromatic carbocycles. The van der Waals surface area contributed by atoms with Crippen LogP contribution >= 0.6 is 0 Å². The molecule has 112 valence electrons. The molecule has 0 bridgehead atoms. The third-order valence-electron chi connectivity index (χ3n) is 4.15.